The lowest BCUT2D eigenvalue weighted by atomic mass is 10.2. The highest BCUT2D eigenvalue weighted by Gasteiger charge is 2.32. The maximum absolute atomic E-state index is 12.6. The van der Waals surface area contributed by atoms with Gasteiger partial charge in [0.2, 0.25) is 0 Å². The zero-order chi connectivity index (χ0) is 16.7. The standard InChI is InChI=1S/C17H19N5O2/c1-12(2)22-15-10-21(17(23)16-4-3-7-24-16)8-13(15)14(19-22)9-20-6-5-18-11-20/h3-7,11-12H,8-10H2,1-2H3. The van der Waals surface area contributed by atoms with Gasteiger partial charge in [0.15, 0.2) is 5.76 Å². The molecule has 0 aromatic carbocycles. The Labute approximate surface area is 139 Å². The second-order valence-corrected chi connectivity index (χ2v) is 6.28. The molecule has 4 heterocycles. The number of carbonyl (C=O) groups is 1. The van der Waals surface area contributed by atoms with E-state index >= 15 is 0 Å². The number of hydrogen-bond donors (Lipinski definition) is 0. The van der Waals surface area contributed by atoms with Crippen molar-refractivity contribution in [1.29, 1.82) is 0 Å². The van der Waals surface area contributed by atoms with E-state index in [0.717, 1.165) is 17.0 Å². The molecule has 3 aromatic rings. The number of imidazole rings is 1. The molecule has 0 saturated heterocycles. The molecule has 24 heavy (non-hydrogen) atoms. The fraction of sp³-hybridized carbons (Fsp3) is 0.353. The Hall–Kier alpha value is -2.83. The lowest BCUT2D eigenvalue weighted by molar-refractivity contribution is 0.0715. The van der Waals surface area contributed by atoms with E-state index in [0.29, 0.717) is 25.4 Å². The van der Waals surface area contributed by atoms with Crippen molar-refractivity contribution in [2.45, 2.75) is 39.5 Å². The van der Waals surface area contributed by atoms with Crippen LogP contribution in [0.2, 0.25) is 0 Å². The van der Waals surface area contributed by atoms with Gasteiger partial charge in [-0.1, -0.05) is 0 Å². The molecule has 0 unspecified atom stereocenters. The Morgan fingerprint density at radius 1 is 1.38 bits per heavy atom. The zero-order valence-corrected chi connectivity index (χ0v) is 13.7. The molecular formula is C17H19N5O2. The van der Waals surface area contributed by atoms with Gasteiger partial charge < -0.3 is 13.9 Å². The second kappa shape index (κ2) is 5.67. The van der Waals surface area contributed by atoms with Crippen LogP contribution >= 0.6 is 0 Å². The van der Waals surface area contributed by atoms with Crippen molar-refractivity contribution in [1.82, 2.24) is 24.2 Å². The van der Waals surface area contributed by atoms with Crippen LogP contribution < -0.4 is 0 Å². The topological polar surface area (TPSA) is 69.1 Å². The summed E-state index contributed by atoms with van der Waals surface area (Å²) in [4.78, 5) is 18.5. The lowest BCUT2D eigenvalue weighted by Gasteiger charge is -2.16. The highest BCUT2D eigenvalue weighted by Crippen LogP contribution is 2.29. The first kappa shape index (κ1) is 14.7. The normalized spacial score (nSPS) is 13.7. The van der Waals surface area contributed by atoms with Crippen LogP contribution in [-0.4, -0.2) is 30.1 Å². The molecule has 124 valence electrons. The van der Waals surface area contributed by atoms with Crippen molar-refractivity contribution in [3.05, 3.63) is 59.8 Å². The third-order valence-electron chi connectivity index (χ3n) is 4.29. The Kier molecular flexibility index (Phi) is 3.48. The maximum atomic E-state index is 12.6. The van der Waals surface area contributed by atoms with E-state index in [-0.39, 0.29) is 11.9 Å². The molecule has 1 amide bonds. The number of nitrogens with zero attached hydrogens (tertiary/aromatic N) is 5. The van der Waals surface area contributed by atoms with Gasteiger partial charge in [-0.2, -0.15) is 5.10 Å². The molecule has 3 aromatic heterocycles. The molecule has 0 saturated carbocycles. The number of aromatic nitrogens is 4. The van der Waals surface area contributed by atoms with E-state index in [1.165, 1.54) is 6.26 Å². The average Bonchev–Trinajstić information content (AvgIpc) is 3.33. The van der Waals surface area contributed by atoms with E-state index in [4.69, 9.17) is 9.52 Å². The number of fused-ring (bicyclic) bond motifs is 1. The number of furan rings is 1. The van der Waals surface area contributed by atoms with Crippen molar-refractivity contribution >= 4 is 5.91 Å². The van der Waals surface area contributed by atoms with Crippen LogP contribution in [0.1, 0.15) is 47.4 Å². The van der Waals surface area contributed by atoms with Crippen molar-refractivity contribution in [2.75, 3.05) is 0 Å². The molecule has 0 aliphatic carbocycles. The van der Waals surface area contributed by atoms with Crippen molar-refractivity contribution in [3.8, 4) is 0 Å². The summed E-state index contributed by atoms with van der Waals surface area (Å²) in [5, 5.41) is 4.77. The van der Waals surface area contributed by atoms with Gasteiger partial charge in [0, 0.05) is 24.0 Å². The van der Waals surface area contributed by atoms with E-state index in [1.807, 2.05) is 20.3 Å². The molecule has 0 N–H and O–H groups in total. The Morgan fingerprint density at radius 2 is 2.25 bits per heavy atom. The summed E-state index contributed by atoms with van der Waals surface area (Å²) >= 11 is 0. The monoisotopic (exact) mass is 325 g/mol. The molecule has 0 bridgehead atoms. The van der Waals surface area contributed by atoms with Gasteiger partial charge in [-0.15, -0.1) is 0 Å². The molecular weight excluding hydrogens is 306 g/mol. The Bertz CT molecular complexity index is 846. The summed E-state index contributed by atoms with van der Waals surface area (Å²) in [5.74, 6) is 0.292. The predicted molar refractivity (Wildman–Crippen MR) is 86.2 cm³/mol. The average molecular weight is 325 g/mol. The lowest BCUT2D eigenvalue weighted by Crippen LogP contribution is -2.26. The summed E-state index contributed by atoms with van der Waals surface area (Å²) in [6.45, 7) is 5.98. The largest absolute Gasteiger partial charge is 0.459 e. The summed E-state index contributed by atoms with van der Waals surface area (Å²) in [5.41, 5.74) is 3.24. The molecule has 0 fully saturated rings. The van der Waals surface area contributed by atoms with Gasteiger partial charge in [0.1, 0.15) is 0 Å². The smallest absolute Gasteiger partial charge is 0.290 e. The minimum Gasteiger partial charge on any atom is -0.459 e. The first-order chi connectivity index (χ1) is 11.6. The summed E-state index contributed by atoms with van der Waals surface area (Å²) in [6, 6.07) is 3.68. The minimum atomic E-state index is -0.0833. The SMILES string of the molecule is CC(C)n1nc(Cn2ccnc2)c2c1CN(C(=O)c1ccco1)C2. The van der Waals surface area contributed by atoms with Crippen LogP contribution in [0.3, 0.4) is 0 Å². The van der Waals surface area contributed by atoms with Crippen molar-refractivity contribution in [3.63, 3.8) is 0 Å². The van der Waals surface area contributed by atoms with Crippen LogP contribution in [0.15, 0.2) is 41.5 Å². The van der Waals surface area contributed by atoms with Gasteiger partial charge in [-0.05, 0) is 26.0 Å². The van der Waals surface area contributed by atoms with E-state index in [2.05, 4.69) is 18.8 Å². The minimum absolute atomic E-state index is 0.0833. The number of hydrogen-bond acceptors (Lipinski definition) is 4. The van der Waals surface area contributed by atoms with Crippen molar-refractivity contribution in [2.24, 2.45) is 0 Å². The summed E-state index contributed by atoms with van der Waals surface area (Å²) in [7, 11) is 0. The van der Waals surface area contributed by atoms with E-state index in [9.17, 15) is 4.79 Å². The first-order valence-corrected chi connectivity index (χ1v) is 8.01. The molecule has 4 rings (SSSR count). The highest BCUT2D eigenvalue weighted by molar-refractivity contribution is 5.91. The third kappa shape index (κ3) is 2.42. The fourth-order valence-electron chi connectivity index (χ4n) is 3.14. The summed E-state index contributed by atoms with van der Waals surface area (Å²) < 4.78 is 9.27. The first-order valence-electron chi connectivity index (χ1n) is 8.01. The molecule has 7 heteroatoms. The van der Waals surface area contributed by atoms with Gasteiger partial charge >= 0.3 is 0 Å². The molecule has 0 spiro atoms. The van der Waals surface area contributed by atoms with Gasteiger partial charge in [0.05, 0.1) is 43.6 Å². The fourth-order valence-corrected chi connectivity index (χ4v) is 3.14. The quantitative estimate of drug-likeness (QED) is 0.739. The van der Waals surface area contributed by atoms with Crippen LogP contribution in [0.4, 0.5) is 0 Å². The third-order valence-corrected chi connectivity index (χ3v) is 4.29. The Balaban J connectivity index is 1.65. The predicted octanol–water partition coefficient (Wildman–Crippen LogP) is 2.46. The van der Waals surface area contributed by atoms with Crippen LogP contribution in [0.5, 0.6) is 0 Å². The molecule has 0 atom stereocenters. The second-order valence-electron chi connectivity index (χ2n) is 6.28. The molecule has 1 aliphatic rings. The van der Waals surface area contributed by atoms with E-state index in [1.54, 1.807) is 24.7 Å². The maximum Gasteiger partial charge on any atom is 0.290 e. The van der Waals surface area contributed by atoms with Gasteiger partial charge in [-0.25, -0.2) is 4.98 Å². The van der Waals surface area contributed by atoms with Gasteiger partial charge in [0.25, 0.3) is 5.91 Å². The van der Waals surface area contributed by atoms with Crippen LogP contribution in [0.25, 0.3) is 0 Å². The highest BCUT2D eigenvalue weighted by atomic mass is 16.3. The molecule has 1 aliphatic heterocycles. The van der Waals surface area contributed by atoms with Crippen molar-refractivity contribution < 1.29 is 9.21 Å². The Morgan fingerprint density at radius 3 is 2.92 bits per heavy atom. The molecule has 0 radical (unpaired) electrons. The van der Waals surface area contributed by atoms with Crippen LogP contribution in [-0.2, 0) is 19.6 Å². The molecule has 7 nitrogen and oxygen atoms in total. The number of rotatable bonds is 4. The number of amides is 1. The van der Waals surface area contributed by atoms with E-state index < -0.39 is 0 Å². The van der Waals surface area contributed by atoms with Crippen LogP contribution in [0, 0.1) is 0 Å². The summed E-state index contributed by atoms with van der Waals surface area (Å²) in [6.07, 6.45) is 6.98. The van der Waals surface area contributed by atoms with Gasteiger partial charge in [-0.3, -0.25) is 9.48 Å². The zero-order valence-electron chi connectivity index (χ0n) is 13.7. The number of carbonyl (C=O) groups excluding carboxylic acids is 1.